The molecule has 1 N–H and O–H groups in total. The molecule has 0 amide bonds. The zero-order chi connectivity index (χ0) is 11.6. The van der Waals surface area contributed by atoms with E-state index in [9.17, 15) is 5.11 Å². The zero-order valence-electron chi connectivity index (χ0n) is 10.3. The van der Waals surface area contributed by atoms with Gasteiger partial charge in [-0.3, -0.25) is 0 Å². The molecule has 0 spiro atoms. The van der Waals surface area contributed by atoms with Crippen LogP contribution in [-0.2, 0) is 6.42 Å². The third kappa shape index (κ3) is 2.32. The van der Waals surface area contributed by atoms with E-state index in [0.717, 1.165) is 25.0 Å². The van der Waals surface area contributed by atoms with Crippen molar-refractivity contribution < 1.29 is 9.52 Å². The van der Waals surface area contributed by atoms with Crippen molar-refractivity contribution in [2.45, 2.75) is 51.6 Å². The van der Waals surface area contributed by atoms with Gasteiger partial charge in [-0.1, -0.05) is 26.7 Å². The van der Waals surface area contributed by atoms with Gasteiger partial charge in [0.1, 0.15) is 5.76 Å². The van der Waals surface area contributed by atoms with Crippen LogP contribution in [0.1, 0.15) is 45.3 Å². The Morgan fingerprint density at radius 1 is 1.50 bits per heavy atom. The van der Waals surface area contributed by atoms with Crippen LogP contribution >= 0.6 is 0 Å². The van der Waals surface area contributed by atoms with Crippen LogP contribution < -0.4 is 0 Å². The largest absolute Gasteiger partial charge is 0.469 e. The lowest BCUT2D eigenvalue weighted by Gasteiger charge is -2.42. The van der Waals surface area contributed by atoms with E-state index in [1.54, 1.807) is 6.26 Å². The Labute approximate surface area is 97.7 Å². The minimum Gasteiger partial charge on any atom is -0.469 e. The minimum absolute atomic E-state index is 0.409. The van der Waals surface area contributed by atoms with Gasteiger partial charge in [-0.15, -0.1) is 0 Å². The fourth-order valence-corrected chi connectivity index (χ4v) is 3.14. The SMILES string of the molecule is CC(C)C1CCCCC1(O)Cc1ccco1. The topological polar surface area (TPSA) is 33.4 Å². The van der Waals surface area contributed by atoms with Crippen LogP contribution in [0.2, 0.25) is 0 Å². The van der Waals surface area contributed by atoms with E-state index in [4.69, 9.17) is 4.42 Å². The van der Waals surface area contributed by atoms with E-state index >= 15 is 0 Å². The average molecular weight is 222 g/mol. The highest BCUT2D eigenvalue weighted by atomic mass is 16.3. The molecule has 16 heavy (non-hydrogen) atoms. The molecule has 2 atom stereocenters. The van der Waals surface area contributed by atoms with Gasteiger partial charge in [-0.05, 0) is 36.8 Å². The minimum atomic E-state index is -0.551. The Kier molecular flexibility index (Phi) is 3.38. The first kappa shape index (κ1) is 11.7. The molecule has 0 bridgehead atoms. The maximum Gasteiger partial charge on any atom is 0.106 e. The molecular formula is C14H22O2. The lowest BCUT2D eigenvalue weighted by atomic mass is 9.68. The normalized spacial score (nSPS) is 30.9. The van der Waals surface area contributed by atoms with Gasteiger partial charge in [0.25, 0.3) is 0 Å². The van der Waals surface area contributed by atoms with Crippen molar-refractivity contribution in [3.8, 4) is 0 Å². The Bertz CT molecular complexity index is 315. The van der Waals surface area contributed by atoms with Gasteiger partial charge in [0.05, 0.1) is 11.9 Å². The van der Waals surface area contributed by atoms with Crippen LogP contribution in [0.25, 0.3) is 0 Å². The molecule has 0 saturated heterocycles. The summed E-state index contributed by atoms with van der Waals surface area (Å²) in [5.41, 5.74) is -0.551. The average Bonchev–Trinajstić information content (AvgIpc) is 2.69. The van der Waals surface area contributed by atoms with Crippen LogP contribution in [0, 0.1) is 11.8 Å². The van der Waals surface area contributed by atoms with Crippen molar-refractivity contribution in [2.75, 3.05) is 0 Å². The van der Waals surface area contributed by atoms with Crippen molar-refractivity contribution >= 4 is 0 Å². The van der Waals surface area contributed by atoms with E-state index in [2.05, 4.69) is 13.8 Å². The van der Waals surface area contributed by atoms with Crippen LogP contribution in [0.3, 0.4) is 0 Å². The van der Waals surface area contributed by atoms with Crippen molar-refractivity contribution in [3.63, 3.8) is 0 Å². The van der Waals surface area contributed by atoms with Crippen LogP contribution in [-0.4, -0.2) is 10.7 Å². The van der Waals surface area contributed by atoms with E-state index in [0.29, 0.717) is 18.3 Å². The summed E-state index contributed by atoms with van der Waals surface area (Å²) in [4.78, 5) is 0. The summed E-state index contributed by atoms with van der Waals surface area (Å²) in [7, 11) is 0. The first-order valence-electron chi connectivity index (χ1n) is 6.36. The fraction of sp³-hybridized carbons (Fsp3) is 0.714. The zero-order valence-corrected chi connectivity index (χ0v) is 10.3. The van der Waals surface area contributed by atoms with Gasteiger partial charge >= 0.3 is 0 Å². The Hall–Kier alpha value is -0.760. The molecule has 2 heteroatoms. The predicted octanol–water partition coefficient (Wildman–Crippen LogP) is 3.40. The molecule has 1 aromatic heterocycles. The summed E-state index contributed by atoms with van der Waals surface area (Å²) in [6.45, 7) is 4.42. The van der Waals surface area contributed by atoms with Crippen LogP contribution in [0.4, 0.5) is 0 Å². The van der Waals surface area contributed by atoms with Crippen molar-refractivity contribution in [1.82, 2.24) is 0 Å². The van der Waals surface area contributed by atoms with Gasteiger partial charge < -0.3 is 9.52 Å². The summed E-state index contributed by atoms with van der Waals surface area (Å²) >= 11 is 0. The summed E-state index contributed by atoms with van der Waals surface area (Å²) in [6.07, 6.45) is 6.81. The van der Waals surface area contributed by atoms with Crippen LogP contribution in [0.5, 0.6) is 0 Å². The lowest BCUT2D eigenvalue weighted by Crippen LogP contribution is -2.45. The molecule has 1 aliphatic carbocycles. The van der Waals surface area contributed by atoms with Gasteiger partial charge in [0.2, 0.25) is 0 Å². The highest BCUT2D eigenvalue weighted by Gasteiger charge is 2.40. The first-order chi connectivity index (χ1) is 7.62. The van der Waals surface area contributed by atoms with Gasteiger partial charge in [-0.2, -0.15) is 0 Å². The number of furan rings is 1. The standard InChI is InChI=1S/C14H22O2/c1-11(2)13-7-3-4-8-14(13,15)10-12-6-5-9-16-12/h5-6,9,11,13,15H,3-4,7-8,10H2,1-2H3. The highest BCUT2D eigenvalue weighted by molar-refractivity contribution is 5.05. The third-order valence-electron chi connectivity index (χ3n) is 3.93. The molecule has 1 fully saturated rings. The molecule has 2 unspecified atom stereocenters. The first-order valence-corrected chi connectivity index (χ1v) is 6.36. The highest BCUT2D eigenvalue weighted by Crippen LogP contribution is 2.40. The van der Waals surface area contributed by atoms with Crippen molar-refractivity contribution in [1.29, 1.82) is 0 Å². The molecule has 0 aromatic carbocycles. The molecular weight excluding hydrogens is 200 g/mol. The second-order valence-electron chi connectivity index (χ2n) is 5.46. The molecule has 1 saturated carbocycles. The summed E-state index contributed by atoms with van der Waals surface area (Å²) in [6, 6.07) is 3.86. The summed E-state index contributed by atoms with van der Waals surface area (Å²) in [5.74, 6) is 1.86. The molecule has 2 nitrogen and oxygen atoms in total. The number of hydrogen-bond donors (Lipinski definition) is 1. The third-order valence-corrected chi connectivity index (χ3v) is 3.93. The quantitative estimate of drug-likeness (QED) is 0.850. The van der Waals surface area contributed by atoms with E-state index < -0.39 is 5.60 Å². The predicted molar refractivity (Wildman–Crippen MR) is 64.2 cm³/mol. The second-order valence-corrected chi connectivity index (χ2v) is 5.46. The van der Waals surface area contributed by atoms with Gasteiger partial charge in [0.15, 0.2) is 0 Å². The maximum absolute atomic E-state index is 10.8. The molecule has 1 aliphatic rings. The summed E-state index contributed by atoms with van der Waals surface area (Å²) in [5, 5.41) is 10.8. The Balaban J connectivity index is 2.13. The molecule has 0 aliphatic heterocycles. The van der Waals surface area contributed by atoms with Gasteiger partial charge in [-0.25, -0.2) is 0 Å². The molecule has 1 aromatic rings. The molecule has 90 valence electrons. The Morgan fingerprint density at radius 3 is 2.94 bits per heavy atom. The van der Waals surface area contributed by atoms with Crippen molar-refractivity contribution in [2.24, 2.45) is 11.8 Å². The smallest absolute Gasteiger partial charge is 0.106 e. The maximum atomic E-state index is 10.8. The van der Waals surface area contributed by atoms with Crippen LogP contribution in [0.15, 0.2) is 22.8 Å². The number of rotatable bonds is 3. The van der Waals surface area contributed by atoms with Crippen molar-refractivity contribution in [3.05, 3.63) is 24.2 Å². The molecule has 1 heterocycles. The second kappa shape index (κ2) is 4.62. The fourth-order valence-electron chi connectivity index (χ4n) is 3.14. The van der Waals surface area contributed by atoms with E-state index in [-0.39, 0.29) is 0 Å². The number of aliphatic hydroxyl groups is 1. The summed E-state index contributed by atoms with van der Waals surface area (Å²) < 4.78 is 5.37. The molecule has 0 radical (unpaired) electrons. The van der Waals surface area contributed by atoms with E-state index in [1.807, 2.05) is 12.1 Å². The van der Waals surface area contributed by atoms with Gasteiger partial charge in [0, 0.05) is 6.42 Å². The Morgan fingerprint density at radius 2 is 2.31 bits per heavy atom. The van der Waals surface area contributed by atoms with E-state index in [1.165, 1.54) is 6.42 Å². The molecule has 2 rings (SSSR count). The lowest BCUT2D eigenvalue weighted by molar-refractivity contribution is -0.0682. The number of hydrogen-bond acceptors (Lipinski definition) is 2. The monoisotopic (exact) mass is 222 g/mol.